The summed E-state index contributed by atoms with van der Waals surface area (Å²) in [7, 11) is 0. The van der Waals surface area contributed by atoms with Crippen LogP contribution >= 0.6 is 11.5 Å². The molecule has 2 rings (SSSR count). The molecular formula is C8H12N4O2S. The van der Waals surface area contributed by atoms with Gasteiger partial charge in [-0.15, -0.1) is 5.10 Å². The maximum absolute atomic E-state index is 11.7. The average molecular weight is 228 g/mol. The molecule has 1 aliphatic heterocycles. The van der Waals surface area contributed by atoms with E-state index in [0.717, 1.165) is 24.4 Å². The number of rotatable bonds is 2. The number of hydrogen-bond donors (Lipinski definition) is 2. The molecule has 1 aromatic heterocycles. The summed E-state index contributed by atoms with van der Waals surface area (Å²) in [5.74, 6) is 0. The van der Waals surface area contributed by atoms with E-state index in [4.69, 9.17) is 5.11 Å². The number of aliphatic hydroxyl groups excluding tert-OH is 1. The van der Waals surface area contributed by atoms with Gasteiger partial charge in [-0.3, -0.25) is 5.32 Å². The van der Waals surface area contributed by atoms with E-state index in [2.05, 4.69) is 14.9 Å². The highest BCUT2D eigenvalue weighted by atomic mass is 32.1. The first-order chi connectivity index (χ1) is 7.31. The number of aliphatic hydroxyl groups is 1. The number of amides is 2. The van der Waals surface area contributed by atoms with Gasteiger partial charge in [0.2, 0.25) is 0 Å². The van der Waals surface area contributed by atoms with Crippen LogP contribution in [-0.4, -0.2) is 44.8 Å². The molecule has 0 aliphatic carbocycles. The van der Waals surface area contributed by atoms with Gasteiger partial charge < -0.3 is 10.0 Å². The van der Waals surface area contributed by atoms with Gasteiger partial charge >= 0.3 is 6.03 Å². The second kappa shape index (κ2) is 4.54. The molecule has 7 heteroatoms. The molecule has 0 saturated carbocycles. The second-order valence-electron chi connectivity index (χ2n) is 3.38. The van der Waals surface area contributed by atoms with Crippen LogP contribution in [0.25, 0.3) is 0 Å². The SMILES string of the molecule is O=C(Nc1cnns1)N1CCC[C@H]1CO. The highest BCUT2D eigenvalue weighted by molar-refractivity contribution is 7.10. The zero-order valence-corrected chi connectivity index (χ0v) is 8.90. The fraction of sp³-hybridized carbons (Fsp3) is 0.625. The Morgan fingerprint density at radius 2 is 2.67 bits per heavy atom. The Morgan fingerprint density at radius 1 is 1.80 bits per heavy atom. The smallest absolute Gasteiger partial charge is 0.322 e. The van der Waals surface area contributed by atoms with Crippen LogP contribution in [0.2, 0.25) is 0 Å². The average Bonchev–Trinajstić information content (AvgIpc) is 2.86. The maximum Gasteiger partial charge on any atom is 0.322 e. The summed E-state index contributed by atoms with van der Waals surface area (Å²) < 4.78 is 3.65. The van der Waals surface area contributed by atoms with E-state index in [1.165, 1.54) is 6.20 Å². The molecule has 2 N–H and O–H groups in total. The van der Waals surface area contributed by atoms with Crippen molar-refractivity contribution in [1.82, 2.24) is 14.5 Å². The minimum absolute atomic E-state index is 0.0222. The molecule has 0 aromatic carbocycles. The lowest BCUT2D eigenvalue weighted by atomic mass is 10.2. The fourth-order valence-corrected chi connectivity index (χ4v) is 2.10. The van der Waals surface area contributed by atoms with Gasteiger partial charge in [-0.2, -0.15) is 0 Å². The zero-order valence-electron chi connectivity index (χ0n) is 8.09. The first-order valence-corrected chi connectivity index (χ1v) is 5.54. The molecule has 0 spiro atoms. The second-order valence-corrected chi connectivity index (χ2v) is 4.17. The molecule has 2 heterocycles. The first kappa shape index (κ1) is 10.3. The number of hydrogen-bond acceptors (Lipinski definition) is 5. The molecule has 1 fully saturated rings. The number of likely N-dealkylation sites (tertiary alicyclic amines) is 1. The van der Waals surface area contributed by atoms with E-state index >= 15 is 0 Å². The van der Waals surface area contributed by atoms with E-state index in [0.29, 0.717) is 11.5 Å². The van der Waals surface area contributed by atoms with Crippen molar-refractivity contribution in [3.05, 3.63) is 6.20 Å². The molecule has 2 amide bonds. The predicted octanol–water partition coefficient (Wildman–Crippen LogP) is 0.527. The van der Waals surface area contributed by atoms with Crippen molar-refractivity contribution in [2.24, 2.45) is 0 Å². The Morgan fingerprint density at radius 3 is 3.33 bits per heavy atom. The quantitative estimate of drug-likeness (QED) is 0.773. The van der Waals surface area contributed by atoms with Gasteiger partial charge in [0.1, 0.15) is 5.00 Å². The minimum Gasteiger partial charge on any atom is -0.394 e. The van der Waals surface area contributed by atoms with Crippen molar-refractivity contribution >= 4 is 22.6 Å². The molecule has 1 atom stereocenters. The summed E-state index contributed by atoms with van der Waals surface area (Å²) in [5, 5.41) is 16.0. The molecule has 1 aromatic rings. The first-order valence-electron chi connectivity index (χ1n) is 4.77. The van der Waals surface area contributed by atoms with Gasteiger partial charge in [0.15, 0.2) is 0 Å². The minimum atomic E-state index is -0.183. The van der Waals surface area contributed by atoms with Crippen molar-refractivity contribution in [2.75, 3.05) is 18.5 Å². The maximum atomic E-state index is 11.7. The monoisotopic (exact) mass is 228 g/mol. The third-order valence-electron chi connectivity index (χ3n) is 2.44. The Balaban J connectivity index is 1.96. The van der Waals surface area contributed by atoms with Crippen LogP contribution in [0.15, 0.2) is 6.20 Å². The van der Waals surface area contributed by atoms with Crippen LogP contribution in [-0.2, 0) is 0 Å². The Hall–Kier alpha value is -1.21. The van der Waals surface area contributed by atoms with Gasteiger partial charge in [0, 0.05) is 18.1 Å². The van der Waals surface area contributed by atoms with Gasteiger partial charge in [-0.1, -0.05) is 4.49 Å². The van der Waals surface area contributed by atoms with Crippen molar-refractivity contribution in [3.8, 4) is 0 Å². The molecule has 15 heavy (non-hydrogen) atoms. The van der Waals surface area contributed by atoms with Crippen LogP contribution < -0.4 is 5.32 Å². The van der Waals surface area contributed by atoms with E-state index in [1.807, 2.05) is 0 Å². The highest BCUT2D eigenvalue weighted by Gasteiger charge is 2.28. The molecule has 82 valence electrons. The number of carbonyl (C=O) groups excluding carboxylic acids is 1. The molecular weight excluding hydrogens is 216 g/mol. The summed E-state index contributed by atoms with van der Waals surface area (Å²) in [6.07, 6.45) is 3.32. The number of urea groups is 1. The lowest BCUT2D eigenvalue weighted by Gasteiger charge is -2.22. The third kappa shape index (κ3) is 2.24. The highest BCUT2D eigenvalue weighted by Crippen LogP contribution is 2.18. The molecule has 1 saturated heterocycles. The number of aromatic nitrogens is 2. The van der Waals surface area contributed by atoms with Crippen molar-refractivity contribution < 1.29 is 9.90 Å². The van der Waals surface area contributed by atoms with E-state index in [9.17, 15) is 4.79 Å². The lowest BCUT2D eigenvalue weighted by Crippen LogP contribution is -2.40. The number of anilines is 1. The normalized spacial score (nSPS) is 20.6. The number of nitrogens with zero attached hydrogens (tertiary/aromatic N) is 3. The standard InChI is InChI=1S/C8H12N4O2S/c13-5-6-2-1-3-12(6)8(14)10-7-4-9-11-15-7/h4,6,13H,1-3,5H2,(H,10,14)/t6-/m0/s1. The summed E-state index contributed by atoms with van der Waals surface area (Å²) in [5.41, 5.74) is 0. The van der Waals surface area contributed by atoms with Gasteiger partial charge in [-0.25, -0.2) is 4.79 Å². The lowest BCUT2D eigenvalue weighted by molar-refractivity contribution is 0.166. The van der Waals surface area contributed by atoms with Crippen LogP contribution in [0.1, 0.15) is 12.8 Å². The third-order valence-corrected chi connectivity index (χ3v) is 3.02. The number of carbonyl (C=O) groups is 1. The summed E-state index contributed by atoms with van der Waals surface area (Å²) in [4.78, 5) is 13.4. The van der Waals surface area contributed by atoms with Crippen LogP contribution in [0.3, 0.4) is 0 Å². The molecule has 0 radical (unpaired) electrons. The predicted molar refractivity (Wildman–Crippen MR) is 55.7 cm³/mol. The van der Waals surface area contributed by atoms with Crippen molar-refractivity contribution in [3.63, 3.8) is 0 Å². The molecule has 1 aliphatic rings. The Labute approximate surface area is 91.1 Å². The zero-order chi connectivity index (χ0) is 10.7. The van der Waals surface area contributed by atoms with Gasteiger partial charge in [0.25, 0.3) is 0 Å². The summed E-state index contributed by atoms with van der Waals surface area (Å²) in [6.45, 7) is 0.720. The van der Waals surface area contributed by atoms with E-state index in [-0.39, 0.29) is 18.7 Å². The topological polar surface area (TPSA) is 78.4 Å². The fourth-order valence-electron chi connectivity index (χ4n) is 1.69. The van der Waals surface area contributed by atoms with Gasteiger partial charge in [-0.05, 0) is 12.8 Å². The van der Waals surface area contributed by atoms with Gasteiger partial charge in [0.05, 0.1) is 18.8 Å². The Kier molecular flexibility index (Phi) is 3.12. The largest absolute Gasteiger partial charge is 0.394 e. The molecule has 6 nitrogen and oxygen atoms in total. The van der Waals surface area contributed by atoms with Crippen molar-refractivity contribution in [1.29, 1.82) is 0 Å². The molecule has 0 bridgehead atoms. The Bertz CT molecular complexity index is 329. The van der Waals surface area contributed by atoms with Crippen LogP contribution in [0, 0.1) is 0 Å². The van der Waals surface area contributed by atoms with E-state index < -0.39 is 0 Å². The van der Waals surface area contributed by atoms with E-state index in [1.54, 1.807) is 4.90 Å². The summed E-state index contributed by atoms with van der Waals surface area (Å²) >= 11 is 1.14. The van der Waals surface area contributed by atoms with Crippen LogP contribution in [0.4, 0.5) is 9.80 Å². The van der Waals surface area contributed by atoms with Crippen molar-refractivity contribution in [2.45, 2.75) is 18.9 Å². The number of nitrogens with one attached hydrogen (secondary N) is 1. The molecule has 0 unspecified atom stereocenters. The summed E-state index contributed by atoms with van der Waals surface area (Å²) in [6, 6.07) is -0.233. The van der Waals surface area contributed by atoms with Crippen LogP contribution in [0.5, 0.6) is 0 Å².